The van der Waals surface area contributed by atoms with Crippen LogP contribution in [0.3, 0.4) is 0 Å². The van der Waals surface area contributed by atoms with E-state index in [0.717, 1.165) is 5.69 Å². The van der Waals surface area contributed by atoms with Crippen LogP contribution in [0.2, 0.25) is 0 Å². The van der Waals surface area contributed by atoms with Gasteiger partial charge in [-0.1, -0.05) is 32.9 Å². The number of para-hydroxylation sites is 1. The molecule has 0 unspecified atom stereocenters. The fourth-order valence-electron chi connectivity index (χ4n) is 2.84. The van der Waals surface area contributed by atoms with E-state index in [1.54, 1.807) is 40.6 Å². The molecule has 0 aliphatic carbocycles. The smallest absolute Gasteiger partial charge is 0.245 e. The van der Waals surface area contributed by atoms with Gasteiger partial charge in [0.2, 0.25) is 11.3 Å². The van der Waals surface area contributed by atoms with Crippen molar-refractivity contribution in [3.8, 4) is 6.07 Å². The van der Waals surface area contributed by atoms with Gasteiger partial charge >= 0.3 is 0 Å². The van der Waals surface area contributed by atoms with Gasteiger partial charge < -0.3 is 9.88 Å². The Morgan fingerprint density at radius 2 is 2.00 bits per heavy atom. The summed E-state index contributed by atoms with van der Waals surface area (Å²) in [5.41, 5.74) is 1.04. The number of benzene rings is 1. The Morgan fingerprint density at radius 3 is 2.63 bits per heavy atom. The SMILES string of the molecule is Cn1nc(C(C)(C)C)cc1NC(=O)Cn1cc(C#N)c(=O)c2ccccc21. The van der Waals surface area contributed by atoms with Crippen LogP contribution >= 0.6 is 0 Å². The summed E-state index contributed by atoms with van der Waals surface area (Å²) >= 11 is 0. The van der Waals surface area contributed by atoms with Crippen LogP contribution in [0.4, 0.5) is 5.82 Å². The lowest BCUT2D eigenvalue weighted by atomic mass is 9.92. The molecular formula is C20H21N5O2. The lowest BCUT2D eigenvalue weighted by molar-refractivity contribution is -0.116. The minimum atomic E-state index is -0.328. The van der Waals surface area contributed by atoms with Crippen molar-refractivity contribution in [2.45, 2.75) is 32.7 Å². The highest BCUT2D eigenvalue weighted by molar-refractivity contribution is 5.91. The molecule has 3 rings (SSSR count). The molecule has 138 valence electrons. The standard InChI is InChI=1S/C20H21N5O2/c1-20(2,3)16-9-17(24(4)23-16)22-18(26)12-25-11-13(10-21)19(27)14-7-5-6-8-15(14)25/h5-9,11H,12H2,1-4H3,(H,22,26). The summed E-state index contributed by atoms with van der Waals surface area (Å²) in [5.74, 6) is 0.326. The lowest BCUT2D eigenvalue weighted by Gasteiger charge is -2.13. The van der Waals surface area contributed by atoms with Gasteiger partial charge in [-0.05, 0) is 12.1 Å². The van der Waals surface area contributed by atoms with Crippen LogP contribution in [0.1, 0.15) is 32.0 Å². The van der Waals surface area contributed by atoms with E-state index in [9.17, 15) is 14.9 Å². The second kappa shape index (κ2) is 6.72. The third-order valence-electron chi connectivity index (χ3n) is 4.34. The Kier molecular flexibility index (Phi) is 4.58. The third-order valence-corrected chi connectivity index (χ3v) is 4.34. The first-order valence-corrected chi connectivity index (χ1v) is 8.57. The number of nitriles is 1. The van der Waals surface area contributed by atoms with Crippen molar-refractivity contribution >= 4 is 22.6 Å². The maximum absolute atomic E-state index is 12.6. The molecule has 1 aromatic carbocycles. The predicted octanol–water partition coefficient (Wildman–Crippen LogP) is 2.54. The molecule has 0 aliphatic rings. The second-order valence-electron chi connectivity index (χ2n) is 7.47. The van der Waals surface area contributed by atoms with Crippen molar-refractivity contribution in [2.75, 3.05) is 5.32 Å². The molecule has 7 nitrogen and oxygen atoms in total. The molecule has 1 amide bonds. The maximum atomic E-state index is 12.6. The monoisotopic (exact) mass is 363 g/mol. The zero-order valence-corrected chi connectivity index (χ0v) is 15.8. The Bertz CT molecular complexity index is 1130. The minimum absolute atomic E-state index is 0.0112. The molecule has 0 atom stereocenters. The summed E-state index contributed by atoms with van der Waals surface area (Å²) in [4.78, 5) is 24.9. The van der Waals surface area contributed by atoms with Gasteiger partial charge in [-0.25, -0.2) is 0 Å². The summed E-state index contributed by atoms with van der Waals surface area (Å²) in [5, 5.41) is 16.9. The van der Waals surface area contributed by atoms with Crippen LogP contribution in [-0.4, -0.2) is 20.3 Å². The van der Waals surface area contributed by atoms with E-state index in [4.69, 9.17) is 0 Å². The number of rotatable bonds is 3. The number of hydrogen-bond acceptors (Lipinski definition) is 4. The lowest BCUT2D eigenvalue weighted by Crippen LogP contribution is -2.22. The highest BCUT2D eigenvalue weighted by Crippen LogP contribution is 2.23. The van der Waals surface area contributed by atoms with Crippen molar-refractivity contribution in [2.24, 2.45) is 7.05 Å². The van der Waals surface area contributed by atoms with Gasteiger partial charge in [-0.3, -0.25) is 14.3 Å². The highest BCUT2D eigenvalue weighted by Gasteiger charge is 2.20. The van der Waals surface area contributed by atoms with Gasteiger partial charge in [0.15, 0.2) is 0 Å². The summed E-state index contributed by atoms with van der Waals surface area (Å²) in [6, 6.07) is 10.7. The molecular weight excluding hydrogens is 342 g/mol. The molecule has 0 aliphatic heterocycles. The number of nitrogens with one attached hydrogen (secondary N) is 1. The summed E-state index contributed by atoms with van der Waals surface area (Å²) in [6.45, 7) is 6.13. The van der Waals surface area contributed by atoms with Crippen molar-refractivity contribution in [1.29, 1.82) is 5.26 Å². The molecule has 27 heavy (non-hydrogen) atoms. The highest BCUT2D eigenvalue weighted by atomic mass is 16.2. The largest absolute Gasteiger partial charge is 0.336 e. The minimum Gasteiger partial charge on any atom is -0.336 e. The second-order valence-corrected chi connectivity index (χ2v) is 7.47. The van der Waals surface area contributed by atoms with E-state index in [1.165, 1.54) is 6.20 Å². The number of carbonyl (C=O) groups excluding carboxylic acids is 1. The van der Waals surface area contributed by atoms with E-state index in [0.29, 0.717) is 16.7 Å². The normalized spacial score (nSPS) is 11.4. The average Bonchev–Trinajstić information content (AvgIpc) is 2.98. The summed E-state index contributed by atoms with van der Waals surface area (Å²) < 4.78 is 3.24. The number of aryl methyl sites for hydroxylation is 1. The number of fused-ring (bicyclic) bond motifs is 1. The Balaban J connectivity index is 1.92. The molecule has 2 heterocycles. The molecule has 2 aromatic heterocycles. The van der Waals surface area contributed by atoms with Crippen LogP contribution in [0.5, 0.6) is 0 Å². The van der Waals surface area contributed by atoms with E-state index < -0.39 is 0 Å². The van der Waals surface area contributed by atoms with Crippen LogP contribution in [-0.2, 0) is 23.8 Å². The first kappa shape index (κ1) is 18.4. The average molecular weight is 363 g/mol. The molecule has 7 heteroatoms. The van der Waals surface area contributed by atoms with Crippen molar-refractivity contribution in [3.63, 3.8) is 0 Å². The Morgan fingerprint density at radius 1 is 1.30 bits per heavy atom. The van der Waals surface area contributed by atoms with Gasteiger partial charge in [0, 0.05) is 30.1 Å². The van der Waals surface area contributed by atoms with Gasteiger partial charge in [0.25, 0.3) is 0 Å². The van der Waals surface area contributed by atoms with Crippen LogP contribution < -0.4 is 10.7 Å². The first-order chi connectivity index (χ1) is 12.7. The Hall–Kier alpha value is -3.40. The zero-order valence-electron chi connectivity index (χ0n) is 15.8. The molecule has 0 radical (unpaired) electrons. The van der Waals surface area contributed by atoms with Crippen molar-refractivity contribution < 1.29 is 4.79 Å². The van der Waals surface area contributed by atoms with Crippen LogP contribution in [0, 0.1) is 11.3 Å². The molecule has 0 bridgehead atoms. The molecule has 0 saturated carbocycles. The number of aromatic nitrogens is 3. The van der Waals surface area contributed by atoms with Gasteiger partial charge in [-0.2, -0.15) is 10.4 Å². The van der Waals surface area contributed by atoms with Gasteiger partial charge in [0.05, 0.1) is 11.2 Å². The molecule has 0 saturated heterocycles. The van der Waals surface area contributed by atoms with Crippen LogP contribution in [0.25, 0.3) is 10.9 Å². The fourth-order valence-corrected chi connectivity index (χ4v) is 2.84. The molecule has 1 N–H and O–H groups in total. The first-order valence-electron chi connectivity index (χ1n) is 8.57. The quantitative estimate of drug-likeness (QED) is 0.774. The number of carbonyl (C=O) groups is 1. The van der Waals surface area contributed by atoms with E-state index >= 15 is 0 Å². The number of nitrogens with zero attached hydrogens (tertiary/aromatic N) is 4. The number of pyridine rings is 1. The predicted molar refractivity (Wildman–Crippen MR) is 103 cm³/mol. The third kappa shape index (κ3) is 3.60. The van der Waals surface area contributed by atoms with Crippen molar-refractivity contribution in [1.82, 2.24) is 14.3 Å². The zero-order chi connectivity index (χ0) is 19.8. The maximum Gasteiger partial charge on any atom is 0.245 e. The van der Waals surface area contributed by atoms with Gasteiger partial charge in [-0.15, -0.1) is 0 Å². The van der Waals surface area contributed by atoms with E-state index in [2.05, 4.69) is 31.2 Å². The number of hydrogen-bond donors (Lipinski definition) is 1. The molecule has 0 spiro atoms. The van der Waals surface area contributed by atoms with E-state index in [-0.39, 0.29) is 28.9 Å². The van der Waals surface area contributed by atoms with Crippen LogP contribution in [0.15, 0.2) is 41.3 Å². The Labute approximate surface area is 156 Å². The van der Waals surface area contributed by atoms with Gasteiger partial charge in [0.1, 0.15) is 24.0 Å². The number of anilines is 1. The van der Waals surface area contributed by atoms with Crippen molar-refractivity contribution in [3.05, 3.63) is 58.0 Å². The topological polar surface area (TPSA) is 92.7 Å². The summed E-state index contributed by atoms with van der Waals surface area (Å²) in [7, 11) is 1.77. The number of amides is 1. The van der Waals surface area contributed by atoms with E-state index in [1.807, 2.05) is 12.1 Å². The summed E-state index contributed by atoms with van der Waals surface area (Å²) in [6.07, 6.45) is 1.42. The molecule has 3 aromatic rings. The fraction of sp³-hybridized carbons (Fsp3) is 0.300. The molecule has 0 fully saturated rings.